The normalized spacial score (nSPS) is 14.9. The molecule has 1 aliphatic carbocycles. The van der Waals surface area contributed by atoms with Crippen LogP contribution < -0.4 is 5.32 Å². The lowest BCUT2D eigenvalue weighted by Crippen LogP contribution is -2.42. The molecule has 0 aromatic heterocycles. The number of alkyl halides is 1. The Hall–Kier alpha value is -1.91. The molecule has 4 nitrogen and oxygen atoms in total. The lowest BCUT2D eigenvalue weighted by molar-refractivity contribution is -0.139. The van der Waals surface area contributed by atoms with Gasteiger partial charge in [0.15, 0.2) is 6.04 Å². The molecule has 2 rings (SSSR count). The van der Waals surface area contributed by atoms with E-state index in [4.69, 9.17) is 5.11 Å². The second-order valence-electron chi connectivity index (χ2n) is 4.36. The van der Waals surface area contributed by atoms with E-state index < -0.39 is 24.6 Å². The van der Waals surface area contributed by atoms with Gasteiger partial charge in [0.25, 0.3) is 5.91 Å². The Balaban J connectivity index is 2.12. The summed E-state index contributed by atoms with van der Waals surface area (Å²) in [5.74, 6) is -1.92. The zero-order valence-corrected chi connectivity index (χ0v) is 9.78. The molecule has 0 heterocycles. The van der Waals surface area contributed by atoms with Crippen molar-refractivity contribution in [1.29, 1.82) is 0 Å². The van der Waals surface area contributed by atoms with Gasteiger partial charge in [-0.05, 0) is 42.5 Å². The molecule has 1 aromatic rings. The summed E-state index contributed by atoms with van der Waals surface area (Å²) in [5.41, 5.74) is 2.73. The van der Waals surface area contributed by atoms with Crippen molar-refractivity contribution < 1.29 is 19.1 Å². The van der Waals surface area contributed by atoms with E-state index in [0.29, 0.717) is 5.56 Å². The number of amides is 1. The minimum atomic E-state index is -1.48. The lowest BCUT2D eigenvalue weighted by atomic mass is 10.1. The number of rotatable bonds is 4. The van der Waals surface area contributed by atoms with Crippen LogP contribution in [-0.2, 0) is 17.6 Å². The first-order chi connectivity index (χ1) is 8.61. The van der Waals surface area contributed by atoms with Crippen molar-refractivity contribution in [3.63, 3.8) is 0 Å². The van der Waals surface area contributed by atoms with E-state index in [-0.39, 0.29) is 0 Å². The number of benzene rings is 1. The van der Waals surface area contributed by atoms with E-state index in [1.165, 1.54) is 5.56 Å². The van der Waals surface area contributed by atoms with Crippen LogP contribution in [0.3, 0.4) is 0 Å². The molecule has 18 heavy (non-hydrogen) atoms. The molecule has 0 saturated heterocycles. The highest BCUT2D eigenvalue weighted by atomic mass is 19.1. The van der Waals surface area contributed by atoms with E-state index in [1.807, 2.05) is 6.07 Å². The zero-order valence-electron chi connectivity index (χ0n) is 9.78. The number of hydrogen-bond acceptors (Lipinski definition) is 2. The number of carbonyl (C=O) groups is 2. The van der Waals surface area contributed by atoms with Crippen LogP contribution in [0, 0.1) is 0 Å². The Morgan fingerprint density at radius 1 is 1.33 bits per heavy atom. The number of aryl methyl sites for hydroxylation is 2. The van der Waals surface area contributed by atoms with Gasteiger partial charge in [-0.1, -0.05) is 6.07 Å². The van der Waals surface area contributed by atoms with E-state index >= 15 is 0 Å². The monoisotopic (exact) mass is 251 g/mol. The molecular formula is C13H14FNO3. The molecule has 0 spiro atoms. The maximum absolute atomic E-state index is 12.4. The van der Waals surface area contributed by atoms with Crippen molar-refractivity contribution in [3.8, 4) is 0 Å². The highest BCUT2D eigenvalue weighted by molar-refractivity contribution is 5.96. The molecule has 1 aliphatic rings. The largest absolute Gasteiger partial charge is 0.480 e. The number of carboxylic acids is 1. The zero-order chi connectivity index (χ0) is 13.1. The minimum Gasteiger partial charge on any atom is -0.480 e. The van der Waals surface area contributed by atoms with Gasteiger partial charge in [0.2, 0.25) is 0 Å². The molecular weight excluding hydrogens is 237 g/mol. The Kier molecular flexibility index (Phi) is 3.60. The van der Waals surface area contributed by atoms with Gasteiger partial charge in [-0.2, -0.15) is 0 Å². The molecule has 0 saturated carbocycles. The smallest absolute Gasteiger partial charge is 0.328 e. The van der Waals surface area contributed by atoms with Crippen LogP contribution in [0.15, 0.2) is 18.2 Å². The Morgan fingerprint density at radius 2 is 2.06 bits per heavy atom. The molecule has 96 valence electrons. The van der Waals surface area contributed by atoms with Crippen molar-refractivity contribution in [3.05, 3.63) is 34.9 Å². The van der Waals surface area contributed by atoms with Crippen molar-refractivity contribution in [2.75, 3.05) is 6.67 Å². The van der Waals surface area contributed by atoms with Crippen LogP contribution in [0.2, 0.25) is 0 Å². The van der Waals surface area contributed by atoms with Gasteiger partial charge in [-0.15, -0.1) is 0 Å². The predicted octanol–water partition coefficient (Wildman–Crippen LogP) is 1.33. The van der Waals surface area contributed by atoms with Crippen LogP contribution in [0.1, 0.15) is 27.9 Å². The quantitative estimate of drug-likeness (QED) is 0.848. The molecule has 0 fully saturated rings. The fourth-order valence-electron chi connectivity index (χ4n) is 2.12. The van der Waals surface area contributed by atoms with Crippen molar-refractivity contribution in [1.82, 2.24) is 5.32 Å². The summed E-state index contributed by atoms with van der Waals surface area (Å²) in [6.45, 7) is -1.12. The highest BCUT2D eigenvalue weighted by Crippen LogP contribution is 2.22. The van der Waals surface area contributed by atoms with E-state index in [1.54, 1.807) is 12.1 Å². The summed E-state index contributed by atoms with van der Waals surface area (Å²) < 4.78 is 12.4. The van der Waals surface area contributed by atoms with Gasteiger partial charge in [0, 0.05) is 5.56 Å². The Morgan fingerprint density at radius 3 is 2.72 bits per heavy atom. The molecule has 1 unspecified atom stereocenters. The maximum atomic E-state index is 12.4. The standard InChI is InChI=1S/C13H14FNO3/c14-7-11(13(17)18)15-12(16)10-5-4-8-2-1-3-9(8)6-10/h4-6,11H,1-3,7H2,(H,15,16)(H,17,18). The fourth-order valence-corrected chi connectivity index (χ4v) is 2.12. The molecule has 0 bridgehead atoms. The number of hydrogen-bond donors (Lipinski definition) is 2. The Labute approximate surface area is 104 Å². The number of carboxylic acid groups (broad SMARTS) is 1. The second-order valence-corrected chi connectivity index (χ2v) is 4.36. The van der Waals surface area contributed by atoms with Crippen molar-refractivity contribution in [2.24, 2.45) is 0 Å². The first-order valence-electron chi connectivity index (χ1n) is 5.83. The maximum Gasteiger partial charge on any atom is 0.328 e. The van der Waals surface area contributed by atoms with Gasteiger partial charge < -0.3 is 10.4 Å². The van der Waals surface area contributed by atoms with Crippen molar-refractivity contribution in [2.45, 2.75) is 25.3 Å². The van der Waals surface area contributed by atoms with Gasteiger partial charge >= 0.3 is 5.97 Å². The molecule has 1 amide bonds. The topological polar surface area (TPSA) is 66.4 Å². The molecule has 2 N–H and O–H groups in total. The van der Waals surface area contributed by atoms with Crippen LogP contribution in [0.5, 0.6) is 0 Å². The van der Waals surface area contributed by atoms with E-state index in [9.17, 15) is 14.0 Å². The summed E-state index contributed by atoms with van der Waals surface area (Å²) in [5, 5.41) is 10.8. The number of halogens is 1. The number of carbonyl (C=O) groups excluding carboxylic acids is 1. The molecule has 5 heteroatoms. The van der Waals surface area contributed by atoms with Crippen LogP contribution in [-0.4, -0.2) is 29.7 Å². The van der Waals surface area contributed by atoms with Crippen molar-refractivity contribution >= 4 is 11.9 Å². The fraction of sp³-hybridized carbons (Fsp3) is 0.385. The summed E-state index contributed by atoms with van der Waals surface area (Å²) >= 11 is 0. The first kappa shape index (κ1) is 12.5. The average molecular weight is 251 g/mol. The third kappa shape index (κ3) is 2.50. The lowest BCUT2D eigenvalue weighted by Gasteiger charge is -2.11. The first-order valence-corrected chi connectivity index (χ1v) is 5.83. The summed E-state index contributed by atoms with van der Waals surface area (Å²) in [6.07, 6.45) is 3.02. The Bertz CT molecular complexity index is 487. The summed E-state index contributed by atoms with van der Waals surface area (Å²) in [7, 11) is 0. The van der Waals surface area contributed by atoms with E-state index in [0.717, 1.165) is 24.8 Å². The van der Waals surface area contributed by atoms with Crippen LogP contribution >= 0.6 is 0 Å². The molecule has 1 aromatic carbocycles. The predicted molar refractivity (Wildman–Crippen MR) is 63.3 cm³/mol. The third-order valence-corrected chi connectivity index (χ3v) is 3.12. The van der Waals surface area contributed by atoms with Gasteiger partial charge in [-0.25, -0.2) is 9.18 Å². The highest BCUT2D eigenvalue weighted by Gasteiger charge is 2.21. The summed E-state index contributed by atoms with van der Waals surface area (Å²) in [6, 6.07) is 3.80. The second kappa shape index (κ2) is 5.16. The SMILES string of the molecule is O=C(NC(CF)C(=O)O)c1ccc2c(c1)CCC2. The number of fused-ring (bicyclic) bond motifs is 1. The van der Waals surface area contributed by atoms with E-state index in [2.05, 4.69) is 5.32 Å². The van der Waals surface area contributed by atoms with Gasteiger partial charge in [0.05, 0.1) is 0 Å². The third-order valence-electron chi connectivity index (χ3n) is 3.12. The average Bonchev–Trinajstić information content (AvgIpc) is 2.82. The molecule has 1 atom stereocenters. The summed E-state index contributed by atoms with van der Waals surface area (Å²) in [4.78, 5) is 22.4. The minimum absolute atomic E-state index is 0.385. The van der Waals surface area contributed by atoms with Gasteiger partial charge in [-0.3, -0.25) is 4.79 Å². The number of nitrogens with one attached hydrogen (secondary N) is 1. The van der Waals surface area contributed by atoms with Crippen LogP contribution in [0.25, 0.3) is 0 Å². The molecule has 0 aliphatic heterocycles. The number of aliphatic carboxylic acids is 1. The van der Waals surface area contributed by atoms with Gasteiger partial charge in [0.1, 0.15) is 6.67 Å². The molecule has 0 radical (unpaired) electrons. The van der Waals surface area contributed by atoms with Crippen LogP contribution in [0.4, 0.5) is 4.39 Å².